The topological polar surface area (TPSA) is 117 Å². The predicted molar refractivity (Wildman–Crippen MR) is 117 cm³/mol. The van der Waals surface area contributed by atoms with E-state index in [1.165, 1.54) is 0 Å². The highest BCUT2D eigenvalue weighted by atomic mass is 32.1. The molecule has 9 heteroatoms. The van der Waals surface area contributed by atoms with E-state index in [0.29, 0.717) is 33.2 Å². The summed E-state index contributed by atoms with van der Waals surface area (Å²) in [5, 5.41) is 12.0. The number of amides is 1. The summed E-state index contributed by atoms with van der Waals surface area (Å²) >= 11 is 1.13. The van der Waals surface area contributed by atoms with Gasteiger partial charge in [-0.2, -0.15) is 5.26 Å². The molecule has 4 rings (SSSR count). The first-order valence-corrected chi connectivity index (χ1v) is 10.6. The van der Waals surface area contributed by atoms with E-state index in [1.807, 2.05) is 17.0 Å². The van der Waals surface area contributed by atoms with Crippen LogP contribution in [-0.4, -0.2) is 41.6 Å². The van der Waals surface area contributed by atoms with Crippen LogP contribution in [0.4, 0.5) is 5.95 Å². The van der Waals surface area contributed by atoms with Gasteiger partial charge >= 0.3 is 0 Å². The van der Waals surface area contributed by atoms with E-state index in [0.717, 1.165) is 36.3 Å². The van der Waals surface area contributed by atoms with Crippen molar-refractivity contribution >= 4 is 33.4 Å². The maximum absolute atomic E-state index is 13.5. The first-order valence-electron chi connectivity index (χ1n) is 9.76. The molecule has 154 valence electrons. The standard InChI is InChI=1S/C21H22N6O2S/c1-24-19(28)17-9-16-18(30-17)20(29)27(11-14-6-3-2-5-13(14)10-22)21(25-16)26-8-4-7-15(23)12-26/h2-3,5-6,9,15H,4,7-8,11-12,23H2,1H3,(H,24,28). The van der Waals surface area contributed by atoms with Crippen LogP contribution in [0, 0.1) is 11.3 Å². The Morgan fingerprint density at radius 1 is 1.43 bits per heavy atom. The van der Waals surface area contributed by atoms with Crippen molar-refractivity contribution in [1.29, 1.82) is 5.26 Å². The largest absolute Gasteiger partial charge is 0.354 e. The Hall–Kier alpha value is -3.22. The van der Waals surface area contributed by atoms with Crippen molar-refractivity contribution in [3.8, 4) is 6.07 Å². The van der Waals surface area contributed by atoms with Gasteiger partial charge in [0.15, 0.2) is 0 Å². The van der Waals surface area contributed by atoms with Gasteiger partial charge in [-0.1, -0.05) is 18.2 Å². The van der Waals surface area contributed by atoms with Crippen LogP contribution < -0.4 is 21.5 Å². The third-order valence-electron chi connectivity index (χ3n) is 5.27. The van der Waals surface area contributed by atoms with Gasteiger partial charge < -0.3 is 16.0 Å². The van der Waals surface area contributed by atoms with Crippen LogP contribution in [0.15, 0.2) is 35.1 Å². The fourth-order valence-corrected chi connectivity index (χ4v) is 4.74. The summed E-state index contributed by atoms with van der Waals surface area (Å²) in [7, 11) is 1.55. The number of rotatable bonds is 4. The van der Waals surface area contributed by atoms with Gasteiger partial charge in [-0.25, -0.2) is 4.98 Å². The van der Waals surface area contributed by atoms with Crippen LogP contribution in [0.5, 0.6) is 0 Å². The molecule has 1 amide bonds. The molecule has 3 N–H and O–H groups in total. The third kappa shape index (κ3) is 3.67. The lowest BCUT2D eigenvalue weighted by molar-refractivity contribution is 0.0967. The number of benzene rings is 1. The van der Waals surface area contributed by atoms with Crippen LogP contribution in [0.1, 0.15) is 33.6 Å². The highest BCUT2D eigenvalue weighted by Gasteiger charge is 2.24. The second kappa shape index (κ2) is 8.26. The molecule has 1 aliphatic rings. The molecule has 1 aliphatic heterocycles. The first-order chi connectivity index (χ1) is 14.5. The number of nitrogens with two attached hydrogens (primary N) is 1. The van der Waals surface area contributed by atoms with Gasteiger partial charge in [0.05, 0.1) is 28.6 Å². The molecule has 30 heavy (non-hydrogen) atoms. The molecule has 1 aromatic carbocycles. The minimum absolute atomic E-state index is 0.00935. The number of aromatic nitrogens is 2. The summed E-state index contributed by atoms with van der Waals surface area (Å²) in [6.45, 7) is 1.57. The van der Waals surface area contributed by atoms with Crippen molar-refractivity contribution in [2.24, 2.45) is 5.73 Å². The van der Waals surface area contributed by atoms with Crippen molar-refractivity contribution in [2.45, 2.75) is 25.4 Å². The average molecular weight is 423 g/mol. The number of carbonyl (C=O) groups is 1. The molecule has 1 fully saturated rings. The number of piperidine rings is 1. The molecular formula is C21H22N6O2S. The number of anilines is 1. The van der Waals surface area contributed by atoms with E-state index in [4.69, 9.17) is 10.7 Å². The minimum Gasteiger partial charge on any atom is -0.354 e. The molecule has 1 atom stereocenters. The second-order valence-corrected chi connectivity index (χ2v) is 8.38. The Labute approximate surface area is 177 Å². The van der Waals surface area contributed by atoms with Gasteiger partial charge in [-0.05, 0) is 30.5 Å². The number of nitrogens with one attached hydrogen (secondary N) is 1. The molecule has 0 bridgehead atoms. The maximum atomic E-state index is 13.5. The summed E-state index contributed by atoms with van der Waals surface area (Å²) in [6, 6.07) is 11.1. The summed E-state index contributed by atoms with van der Waals surface area (Å²) < 4.78 is 2.02. The van der Waals surface area contributed by atoms with Crippen LogP contribution in [0.2, 0.25) is 0 Å². The molecule has 0 spiro atoms. The van der Waals surface area contributed by atoms with Gasteiger partial charge in [-0.3, -0.25) is 14.2 Å². The van der Waals surface area contributed by atoms with E-state index < -0.39 is 0 Å². The smallest absolute Gasteiger partial charge is 0.273 e. The SMILES string of the molecule is CNC(=O)c1cc2nc(N3CCCC(N)C3)n(Cc3ccccc3C#N)c(=O)c2s1. The summed E-state index contributed by atoms with van der Waals surface area (Å²) in [5.41, 5.74) is 7.72. The predicted octanol–water partition coefficient (Wildman–Crippen LogP) is 1.67. The van der Waals surface area contributed by atoms with E-state index in [1.54, 1.807) is 29.8 Å². The lowest BCUT2D eigenvalue weighted by atomic mass is 10.1. The molecule has 0 saturated carbocycles. The van der Waals surface area contributed by atoms with E-state index in [9.17, 15) is 14.9 Å². The van der Waals surface area contributed by atoms with Crippen LogP contribution in [0.25, 0.3) is 10.2 Å². The number of hydrogen-bond donors (Lipinski definition) is 2. The van der Waals surface area contributed by atoms with Gasteiger partial charge in [0.2, 0.25) is 5.95 Å². The number of nitrogens with zero attached hydrogens (tertiary/aromatic N) is 4. The van der Waals surface area contributed by atoms with Crippen molar-refractivity contribution in [2.75, 3.05) is 25.0 Å². The zero-order valence-electron chi connectivity index (χ0n) is 16.6. The molecule has 0 radical (unpaired) electrons. The monoisotopic (exact) mass is 422 g/mol. The zero-order chi connectivity index (χ0) is 21.3. The molecule has 2 aromatic heterocycles. The normalized spacial score (nSPS) is 16.4. The second-order valence-electron chi connectivity index (χ2n) is 7.32. The number of fused-ring (bicyclic) bond motifs is 1. The van der Waals surface area contributed by atoms with Crippen LogP contribution in [-0.2, 0) is 6.54 Å². The molecule has 8 nitrogen and oxygen atoms in total. The minimum atomic E-state index is -0.250. The van der Waals surface area contributed by atoms with E-state index in [2.05, 4.69) is 11.4 Å². The summed E-state index contributed by atoms with van der Waals surface area (Å²) in [5.74, 6) is 0.275. The van der Waals surface area contributed by atoms with Crippen LogP contribution >= 0.6 is 11.3 Å². The van der Waals surface area contributed by atoms with Crippen molar-refractivity contribution in [3.05, 3.63) is 56.7 Å². The number of nitriles is 1. The number of carbonyl (C=O) groups excluding carboxylic acids is 1. The molecule has 3 aromatic rings. The first kappa shape index (κ1) is 20.1. The van der Waals surface area contributed by atoms with Crippen molar-refractivity contribution < 1.29 is 4.79 Å². The molecular weight excluding hydrogens is 400 g/mol. The highest BCUT2D eigenvalue weighted by Crippen LogP contribution is 2.26. The molecule has 1 unspecified atom stereocenters. The van der Waals surface area contributed by atoms with Crippen LogP contribution in [0.3, 0.4) is 0 Å². The summed E-state index contributed by atoms with van der Waals surface area (Å²) in [6.07, 6.45) is 1.84. The molecule has 0 aliphatic carbocycles. The fourth-order valence-electron chi connectivity index (χ4n) is 3.75. The lowest BCUT2D eigenvalue weighted by Crippen LogP contribution is -2.45. The number of thiophene rings is 1. The van der Waals surface area contributed by atoms with E-state index >= 15 is 0 Å². The Balaban J connectivity index is 1.89. The Kier molecular flexibility index (Phi) is 5.53. The van der Waals surface area contributed by atoms with E-state index in [-0.39, 0.29) is 24.1 Å². The maximum Gasteiger partial charge on any atom is 0.273 e. The molecule has 3 heterocycles. The van der Waals surface area contributed by atoms with Gasteiger partial charge in [0.25, 0.3) is 11.5 Å². The van der Waals surface area contributed by atoms with Gasteiger partial charge in [0, 0.05) is 26.2 Å². The quantitative estimate of drug-likeness (QED) is 0.660. The highest BCUT2D eigenvalue weighted by molar-refractivity contribution is 7.20. The third-order valence-corrected chi connectivity index (χ3v) is 6.38. The Morgan fingerprint density at radius 2 is 2.23 bits per heavy atom. The van der Waals surface area contributed by atoms with Crippen molar-refractivity contribution in [1.82, 2.24) is 14.9 Å². The number of hydrogen-bond acceptors (Lipinski definition) is 7. The van der Waals surface area contributed by atoms with Gasteiger partial charge in [0.1, 0.15) is 4.70 Å². The zero-order valence-corrected chi connectivity index (χ0v) is 17.4. The molecule has 1 saturated heterocycles. The lowest BCUT2D eigenvalue weighted by Gasteiger charge is -2.33. The Morgan fingerprint density at radius 3 is 2.97 bits per heavy atom. The van der Waals surface area contributed by atoms with Crippen molar-refractivity contribution in [3.63, 3.8) is 0 Å². The Bertz CT molecular complexity index is 1210. The average Bonchev–Trinajstić information content (AvgIpc) is 3.20. The summed E-state index contributed by atoms with van der Waals surface area (Å²) in [4.78, 5) is 32.8. The van der Waals surface area contributed by atoms with Gasteiger partial charge in [-0.15, -0.1) is 11.3 Å². The fraction of sp³-hybridized carbons (Fsp3) is 0.333.